The van der Waals surface area contributed by atoms with Crippen molar-refractivity contribution in [1.29, 1.82) is 0 Å². The highest BCUT2D eigenvalue weighted by Gasteiger charge is 2.19. The minimum Gasteiger partial charge on any atom is -0.314 e. The molecule has 2 saturated heterocycles. The average molecular weight is 254 g/mol. The summed E-state index contributed by atoms with van der Waals surface area (Å²) in [6.07, 6.45) is 2.80. The van der Waals surface area contributed by atoms with Crippen molar-refractivity contribution in [2.75, 3.05) is 73.0 Å². The number of piperidine rings is 1. The second-order valence-corrected chi connectivity index (χ2v) is 6.12. The molecule has 0 bridgehead atoms. The fraction of sp³-hybridized carbons (Fsp3) is 1.00. The van der Waals surface area contributed by atoms with E-state index in [2.05, 4.69) is 34.1 Å². The molecule has 0 aromatic heterocycles. The Kier molecular flexibility index (Phi) is 5.89. The van der Waals surface area contributed by atoms with Gasteiger partial charge in [-0.3, -0.25) is 4.90 Å². The third-order valence-electron chi connectivity index (χ3n) is 4.30. The molecule has 2 aliphatic rings. The van der Waals surface area contributed by atoms with Gasteiger partial charge in [-0.05, 0) is 39.4 Å². The van der Waals surface area contributed by atoms with Gasteiger partial charge in [0.1, 0.15) is 0 Å². The van der Waals surface area contributed by atoms with E-state index in [9.17, 15) is 0 Å². The average Bonchev–Trinajstić information content (AvgIpc) is 2.38. The van der Waals surface area contributed by atoms with Crippen molar-refractivity contribution in [3.05, 3.63) is 0 Å². The molecule has 1 N–H and O–H groups in total. The van der Waals surface area contributed by atoms with E-state index in [4.69, 9.17) is 0 Å². The smallest absolute Gasteiger partial charge is 0.0110 e. The lowest BCUT2D eigenvalue weighted by Crippen LogP contribution is -2.46. The number of hydrogen-bond donors (Lipinski definition) is 1. The van der Waals surface area contributed by atoms with Crippen molar-refractivity contribution in [1.82, 2.24) is 20.0 Å². The van der Waals surface area contributed by atoms with E-state index in [1.165, 1.54) is 58.7 Å². The van der Waals surface area contributed by atoms with Gasteiger partial charge in [-0.15, -0.1) is 0 Å². The van der Waals surface area contributed by atoms with Gasteiger partial charge in [0.2, 0.25) is 0 Å². The zero-order valence-corrected chi connectivity index (χ0v) is 12.2. The van der Waals surface area contributed by atoms with Gasteiger partial charge in [-0.25, -0.2) is 0 Å². The van der Waals surface area contributed by atoms with Crippen LogP contribution < -0.4 is 5.32 Å². The van der Waals surface area contributed by atoms with Crippen molar-refractivity contribution in [3.63, 3.8) is 0 Å². The summed E-state index contributed by atoms with van der Waals surface area (Å²) in [5.41, 5.74) is 0. The van der Waals surface area contributed by atoms with E-state index >= 15 is 0 Å². The normalized spacial score (nSPS) is 27.8. The third kappa shape index (κ3) is 4.84. The van der Waals surface area contributed by atoms with Crippen molar-refractivity contribution in [3.8, 4) is 0 Å². The van der Waals surface area contributed by atoms with Crippen LogP contribution in [0.5, 0.6) is 0 Å². The molecule has 2 fully saturated rings. The molecule has 1 atom stereocenters. The van der Waals surface area contributed by atoms with E-state index < -0.39 is 0 Å². The van der Waals surface area contributed by atoms with Crippen molar-refractivity contribution in [2.24, 2.45) is 5.92 Å². The molecule has 0 radical (unpaired) electrons. The maximum atomic E-state index is 3.41. The zero-order valence-electron chi connectivity index (χ0n) is 12.2. The zero-order chi connectivity index (χ0) is 12.8. The lowest BCUT2D eigenvalue weighted by molar-refractivity contribution is 0.150. The summed E-state index contributed by atoms with van der Waals surface area (Å²) in [5, 5.41) is 3.41. The molecule has 2 heterocycles. The summed E-state index contributed by atoms with van der Waals surface area (Å²) < 4.78 is 0. The first-order chi connectivity index (χ1) is 8.74. The fourth-order valence-electron chi connectivity index (χ4n) is 3.20. The molecule has 4 heteroatoms. The molecule has 106 valence electrons. The number of nitrogens with zero attached hydrogens (tertiary/aromatic N) is 3. The molecular weight excluding hydrogens is 224 g/mol. The molecule has 2 aliphatic heterocycles. The van der Waals surface area contributed by atoms with Crippen LogP contribution in [0, 0.1) is 5.92 Å². The molecule has 0 aromatic carbocycles. The monoisotopic (exact) mass is 254 g/mol. The first kappa shape index (κ1) is 14.3. The SMILES string of the molecule is CN1CCCC(CN(C)CCN2CCNCC2)C1. The molecule has 4 nitrogen and oxygen atoms in total. The lowest BCUT2D eigenvalue weighted by Gasteiger charge is -2.33. The Hall–Kier alpha value is -0.160. The van der Waals surface area contributed by atoms with Crippen LogP contribution >= 0.6 is 0 Å². The van der Waals surface area contributed by atoms with Crippen LogP contribution in [0.25, 0.3) is 0 Å². The van der Waals surface area contributed by atoms with Gasteiger partial charge in [0.15, 0.2) is 0 Å². The number of likely N-dealkylation sites (N-methyl/N-ethyl adjacent to an activating group) is 1. The second kappa shape index (κ2) is 7.43. The van der Waals surface area contributed by atoms with E-state index in [-0.39, 0.29) is 0 Å². The van der Waals surface area contributed by atoms with Crippen LogP contribution in [-0.4, -0.2) is 87.7 Å². The Balaban J connectivity index is 1.60. The molecule has 0 aliphatic carbocycles. The summed E-state index contributed by atoms with van der Waals surface area (Å²) in [7, 11) is 4.55. The number of piperazine rings is 1. The Labute approximate surface area is 112 Å². The van der Waals surface area contributed by atoms with E-state index in [0.29, 0.717) is 0 Å². The largest absolute Gasteiger partial charge is 0.314 e. The highest BCUT2D eigenvalue weighted by molar-refractivity contribution is 4.74. The molecule has 1 unspecified atom stereocenters. The van der Waals surface area contributed by atoms with Crippen LogP contribution in [0.1, 0.15) is 12.8 Å². The standard InChI is InChI=1S/C14H30N4/c1-16-7-3-4-14(12-16)13-17(2)10-11-18-8-5-15-6-9-18/h14-15H,3-13H2,1-2H3. The Morgan fingerprint density at radius 3 is 2.72 bits per heavy atom. The Morgan fingerprint density at radius 2 is 2.00 bits per heavy atom. The van der Waals surface area contributed by atoms with Crippen LogP contribution in [0.15, 0.2) is 0 Å². The van der Waals surface area contributed by atoms with Gasteiger partial charge < -0.3 is 15.1 Å². The summed E-state index contributed by atoms with van der Waals surface area (Å²) in [5.74, 6) is 0.886. The predicted octanol–water partition coefficient (Wildman–Crippen LogP) is 0.165. The van der Waals surface area contributed by atoms with Gasteiger partial charge in [0.25, 0.3) is 0 Å². The summed E-state index contributed by atoms with van der Waals surface area (Å²) in [6, 6.07) is 0. The topological polar surface area (TPSA) is 21.8 Å². The van der Waals surface area contributed by atoms with Crippen LogP contribution in [0.4, 0.5) is 0 Å². The summed E-state index contributed by atoms with van der Waals surface area (Å²) in [6.45, 7) is 11.1. The van der Waals surface area contributed by atoms with Crippen molar-refractivity contribution < 1.29 is 0 Å². The van der Waals surface area contributed by atoms with E-state index in [1.807, 2.05) is 0 Å². The number of likely N-dealkylation sites (tertiary alicyclic amines) is 1. The quantitative estimate of drug-likeness (QED) is 0.755. The maximum Gasteiger partial charge on any atom is 0.0110 e. The van der Waals surface area contributed by atoms with Gasteiger partial charge >= 0.3 is 0 Å². The lowest BCUT2D eigenvalue weighted by atomic mass is 9.98. The first-order valence-corrected chi connectivity index (χ1v) is 7.54. The van der Waals surface area contributed by atoms with Crippen molar-refractivity contribution >= 4 is 0 Å². The van der Waals surface area contributed by atoms with Gasteiger partial charge in [-0.2, -0.15) is 0 Å². The summed E-state index contributed by atoms with van der Waals surface area (Å²) in [4.78, 5) is 7.60. The van der Waals surface area contributed by atoms with Crippen LogP contribution in [0.2, 0.25) is 0 Å². The van der Waals surface area contributed by atoms with E-state index in [0.717, 1.165) is 19.0 Å². The molecular formula is C14H30N4. The van der Waals surface area contributed by atoms with E-state index in [1.54, 1.807) is 0 Å². The summed E-state index contributed by atoms with van der Waals surface area (Å²) >= 11 is 0. The number of nitrogens with one attached hydrogen (secondary N) is 1. The highest BCUT2D eigenvalue weighted by Crippen LogP contribution is 2.15. The molecule has 0 aromatic rings. The molecule has 18 heavy (non-hydrogen) atoms. The molecule has 0 amide bonds. The van der Waals surface area contributed by atoms with Gasteiger partial charge in [0, 0.05) is 52.4 Å². The molecule has 2 rings (SSSR count). The first-order valence-electron chi connectivity index (χ1n) is 7.54. The van der Waals surface area contributed by atoms with Crippen LogP contribution in [-0.2, 0) is 0 Å². The number of hydrogen-bond acceptors (Lipinski definition) is 4. The second-order valence-electron chi connectivity index (χ2n) is 6.12. The molecule has 0 spiro atoms. The molecule has 0 saturated carbocycles. The predicted molar refractivity (Wildman–Crippen MR) is 77.0 cm³/mol. The third-order valence-corrected chi connectivity index (χ3v) is 4.30. The highest BCUT2D eigenvalue weighted by atomic mass is 15.2. The van der Waals surface area contributed by atoms with Crippen LogP contribution in [0.3, 0.4) is 0 Å². The fourth-order valence-corrected chi connectivity index (χ4v) is 3.20. The minimum atomic E-state index is 0.886. The minimum absolute atomic E-state index is 0.886. The Morgan fingerprint density at radius 1 is 1.22 bits per heavy atom. The van der Waals surface area contributed by atoms with Gasteiger partial charge in [0.05, 0.1) is 0 Å². The number of rotatable bonds is 5. The van der Waals surface area contributed by atoms with Gasteiger partial charge in [-0.1, -0.05) is 0 Å². The van der Waals surface area contributed by atoms with Crippen molar-refractivity contribution in [2.45, 2.75) is 12.8 Å². The maximum absolute atomic E-state index is 3.41. The Bertz CT molecular complexity index is 228.